The van der Waals surface area contributed by atoms with E-state index >= 15 is 0 Å². The van der Waals surface area contributed by atoms with Gasteiger partial charge in [-0.2, -0.15) is 0 Å². The molecule has 0 unspecified atom stereocenters. The van der Waals surface area contributed by atoms with Crippen LogP contribution < -0.4 is 4.90 Å². The van der Waals surface area contributed by atoms with E-state index in [1.165, 1.54) is 16.5 Å². The topological polar surface area (TPSA) is 80.8 Å². The molecule has 0 radical (unpaired) electrons. The molecule has 3 aromatic carbocycles. The Kier molecular flexibility index (Phi) is 5.52. The third-order valence-corrected chi connectivity index (χ3v) is 8.01. The minimum Gasteiger partial charge on any atom is -0.454 e. The third-order valence-electron chi connectivity index (χ3n) is 8.01. The Morgan fingerprint density at radius 1 is 0.778 bits per heavy atom. The molecule has 0 spiro atoms. The number of anilines is 1. The summed E-state index contributed by atoms with van der Waals surface area (Å²) >= 11 is 0. The van der Waals surface area contributed by atoms with Gasteiger partial charge < -0.3 is 4.74 Å². The van der Waals surface area contributed by atoms with E-state index in [0.29, 0.717) is 11.3 Å². The van der Waals surface area contributed by atoms with E-state index in [0.717, 1.165) is 12.8 Å². The Bertz CT molecular complexity index is 1350. The summed E-state index contributed by atoms with van der Waals surface area (Å²) in [6.07, 6.45) is 1.83. The van der Waals surface area contributed by atoms with Gasteiger partial charge in [0.05, 0.1) is 23.1 Å². The van der Waals surface area contributed by atoms with Crippen molar-refractivity contribution in [2.24, 2.45) is 23.7 Å². The van der Waals surface area contributed by atoms with E-state index in [1.807, 2.05) is 18.2 Å². The van der Waals surface area contributed by atoms with Crippen LogP contribution in [0.4, 0.5) is 5.69 Å². The highest BCUT2D eigenvalue weighted by molar-refractivity contribution is 6.23. The molecule has 6 rings (SSSR count). The Morgan fingerprint density at radius 2 is 1.44 bits per heavy atom. The molecule has 2 amide bonds. The molecular weight excluding hydrogens is 454 g/mol. The van der Waals surface area contributed by atoms with Gasteiger partial charge in [0, 0.05) is 5.56 Å². The van der Waals surface area contributed by atoms with Crippen LogP contribution >= 0.6 is 0 Å². The number of carbonyl (C=O) groups excluding carboxylic acids is 4. The second-order valence-corrected chi connectivity index (χ2v) is 9.89. The van der Waals surface area contributed by atoms with Gasteiger partial charge in [-0.15, -0.1) is 0 Å². The summed E-state index contributed by atoms with van der Waals surface area (Å²) in [7, 11) is 0. The molecule has 2 bridgehead atoms. The molecule has 36 heavy (non-hydrogen) atoms. The molecule has 6 heteroatoms. The van der Waals surface area contributed by atoms with Crippen LogP contribution in [0.2, 0.25) is 0 Å². The van der Waals surface area contributed by atoms with Gasteiger partial charge in [0.25, 0.3) is 0 Å². The Hall–Kier alpha value is -4.06. The quantitative estimate of drug-likeness (QED) is 0.292. The number of ether oxygens (including phenoxy) is 1. The van der Waals surface area contributed by atoms with Crippen molar-refractivity contribution in [1.29, 1.82) is 0 Å². The van der Waals surface area contributed by atoms with Crippen molar-refractivity contribution in [3.05, 3.63) is 102 Å². The maximum atomic E-state index is 13.6. The summed E-state index contributed by atoms with van der Waals surface area (Å²) in [6.45, 7) is -0.386. The summed E-state index contributed by atoms with van der Waals surface area (Å²) in [5, 5.41) is 0. The van der Waals surface area contributed by atoms with Crippen LogP contribution in [0, 0.1) is 23.7 Å². The summed E-state index contributed by atoms with van der Waals surface area (Å²) in [6, 6.07) is 25.2. The van der Waals surface area contributed by atoms with E-state index in [4.69, 9.17) is 4.74 Å². The van der Waals surface area contributed by atoms with Gasteiger partial charge in [0.2, 0.25) is 11.8 Å². The zero-order chi connectivity index (χ0) is 24.8. The highest BCUT2D eigenvalue weighted by Gasteiger charge is 2.64. The first-order chi connectivity index (χ1) is 17.5. The number of esters is 1. The fourth-order valence-corrected chi connectivity index (χ4v) is 6.49. The summed E-state index contributed by atoms with van der Waals surface area (Å²) in [5.74, 6) is -1.30. The second-order valence-electron chi connectivity index (χ2n) is 9.89. The first-order valence-electron chi connectivity index (χ1n) is 12.3. The van der Waals surface area contributed by atoms with Crippen molar-refractivity contribution in [3.63, 3.8) is 0 Å². The van der Waals surface area contributed by atoms with E-state index in [-0.39, 0.29) is 59.4 Å². The van der Waals surface area contributed by atoms with Crippen LogP contribution in [0.1, 0.15) is 45.0 Å². The number of ketones is 1. The normalized spacial score (nSPS) is 26.2. The lowest BCUT2D eigenvalue weighted by Gasteiger charge is -2.28. The largest absolute Gasteiger partial charge is 0.454 e. The lowest BCUT2D eigenvalue weighted by Crippen LogP contribution is -2.33. The van der Waals surface area contributed by atoms with E-state index in [2.05, 4.69) is 12.1 Å². The molecule has 3 fully saturated rings. The Morgan fingerprint density at radius 3 is 2.19 bits per heavy atom. The van der Waals surface area contributed by atoms with Crippen molar-refractivity contribution < 1.29 is 23.9 Å². The molecule has 1 aliphatic heterocycles. The number of benzene rings is 3. The van der Waals surface area contributed by atoms with Gasteiger partial charge in [-0.25, -0.2) is 4.79 Å². The van der Waals surface area contributed by atoms with Crippen molar-refractivity contribution in [1.82, 2.24) is 0 Å². The highest BCUT2D eigenvalue weighted by atomic mass is 16.5. The van der Waals surface area contributed by atoms with Crippen LogP contribution in [0.25, 0.3) is 0 Å². The molecule has 1 heterocycles. The first kappa shape index (κ1) is 22.4. The summed E-state index contributed by atoms with van der Waals surface area (Å²) < 4.78 is 5.22. The third kappa shape index (κ3) is 3.65. The molecule has 180 valence electrons. The fourth-order valence-electron chi connectivity index (χ4n) is 6.49. The molecule has 0 N–H and O–H groups in total. The van der Waals surface area contributed by atoms with Crippen LogP contribution in [0.5, 0.6) is 0 Å². The molecule has 6 nitrogen and oxygen atoms in total. The van der Waals surface area contributed by atoms with Gasteiger partial charge >= 0.3 is 5.97 Å². The lowest BCUT2D eigenvalue weighted by molar-refractivity contribution is -0.123. The van der Waals surface area contributed by atoms with Crippen LogP contribution in [0.3, 0.4) is 0 Å². The van der Waals surface area contributed by atoms with E-state index < -0.39 is 5.97 Å². The predicted octanol–water partition coefficient (Wildman–Crippen LogP) is 4.66. The van der Waals surface area contributed by atoms with Crippen molar-refractivity contribution in [2.45, 2.75) is 18.8 Å². The molecule has 0 aromatic heterocycles. The average Bonchev–Trinajstić information content (AvgIpc) is 3.59. The number of hydrogen-bond acceptors (Lipinski definition) is 5. The fraction of sp³-hybridized carbons (Fsp3) is 0.267. The number of hydrogen-bond donors (Lipinski definition) is 0. The number of carbonyl (C=O) groups is 4. The van der Waals surface area contributed by atoms with Crippen LogP contribution in [0.15, 0.2) is 84.9 Å². The van der Waals surface area contributed by atoms with Gasteiger partial charge in [0.1, 0.15) is 0 Å². The molecule has 1 saturated heterocycles. The smallest absolute Gasteiger partial charge is 0.338 e. The van der Waals surface area contributed by atoms with Crippen molar-refractivity contribution in [3.8, 4) is 0 Å². The number of amides is 2. The van der Waals surface area contributed by atoms with Gasteiger partial charge in [-0.05, 0) is 54.4 Å². The highest BCUT2D eigenvalue weighted by Crippen LogP contribution is 2.61. The summed E-state index contributed by atoms with van der Waals surface area (Å²) in [5.41, 5.74) is 2.26. The molecular formula is C30H25NO5. The minimum atomic E-state index is -0.676. The summed E-state index contributed by atoms with van der Waals surface area (Å²) in [4.78, 5) is 53.2. The standard InChI is InChI=1S/C30H25NO5/c32-25(19-10-5-2-6-11-19)17-36-30(35)20-12-7-13-22(14-20)31-28(33)26-21-15-23(18-8-3-1-4-9-18)24(16-21)27(26)29(31)34/h1-14,21,23-24,26-27H,15-17H2/t21-,23+,24+,26+,27+/m0/s1. The van der Waals surface area contributed by atoms with Crippen LogP contribution in [-0.4, -0.2) is 30.2 Å². The van der Waals surface area contributed by atoms with E-state index in [1.54, 1.807) is 48.5 Å². The zero-order valence-corrected chi connectivity index (χ0v) is 19.6. The van der Waals surface area contributed by atoms with Gasteiger partial charge in [0.15, 0.2) is 12.4 Å². The number of imide groups is 1. The first-order valence-corrected chi connectivity index (χ1v) is 12.3. The number of fused-ring (bicyclic) bond motifs is 5. The molecule has 5 atom stereocenters. The number of Topliss-reactive ketones (excluding diaryl/α,β-unsaturated/α-hetero) is 1. The monoisotopic (exact) mass is 479 g/mol. The molecule has 3 aromatic rings. The lowest BCUT2D eigenvalue weighted by atomic mass is 9.73. The molecule has 2 saturated carbocycles. The molecule has 2 aliphatic carbocycles. The van der Waals surface area contributed by atoms with Gasteiger partial charge in [-0.3, -0.25) is 19.3 Å². The molecule has 3 aliphatic rings. The van der Waals surface area contributed by atoms with Crippen molar-refractivity contribution in [2.75, 3.05) is 11.5 Å². The maximum Gasteiger partial charge on any atom is 0.338 e. The Balaban J connectivity index is 1.19. The second kappa shape index (κ2) is 8.86. The predicted molar refractivity (Wildman–Crippen MR) is 132 cm³/mol. The van der Waals surface area contributed by atoms with Crippen LogP contribution in [-0.2, 0) is 14.3 Å². The minimum absolute atomic E-state index is 0.154. The van der Waals surface area contributed by atoms with Crippen molar-refractivity contribution >= 4 is 29.3 Å². The zero-order valence-electron chi connectivity index (χ0n) is 19.6. The maximum absolute atomic E-state index is 13.6. The SMILES string of the molecule is O=C(COC(=O)c1cccc(N2C(=O)[C@@H]3[C@@H]4C[C@@H]([C@H]3C2=O)[C@@H](c2ccccc2)C4)c1)c1ccccc1. The Labute approximate surface area is 208 Å². The average molecular weight is 480 g/mol. The van der Waals surface area contributed by atoms with E-state index in [9.17, 15) is 19.2 Å². The number of nitrogens with zero attached hydrogens (tertiary/aromatic N) is 1. The number of rotatable bonds is 6. The van der Waals surface area contributed by atoms with Gasteiger partial charge in [-0.1, -0.05) is 66.7 Å².